The summed E-state index contributed by atoms with van der Waals surface area (Å²) in [5.74, 6) is -1.11. The molecule has 25 heavy (non-hydrogen) atoms. The summed E-state index contributed by atoms with van der Waals surface area (Å²) in [5, 5.41) is 8.86. The van der Waals surface area contributed by atoms with Gasteiger partial charge in [-0.2, -0.15) is 5.26 Å². The van der Waals surface area contributed by atoms with Gasteiger partial charge in [0.2, 0.25) is 11.8 Å². The van der Waals surface area contributed by atoms with Gasteiger partial charge in [0.15, 0.2) is 0 Å². The van der Waals surface area contributed by atoms with Crippen LogP contribution < -0.4 is 0 Å². The lowest BCUT2D eigenvalue weighted by atomic mass is 9.81. The third-order valence-electron chi connectivity index (χ3n) is 4.93. The maximum Gasteiger partial charge on any atom is 0.307 e. The van der Waals surface area contributed by atoms with Crippen molar-refractivity contribution in [3.05, 3.63) is 35.4 Å². The number of carbonyl (C=O) groups excluding carboxylic acids is 3. The highest BCUT2D eigenvalue weighted by molar-refractivity contribution is 6.05. The molecule has 1 aromatic rings. The van der Waals surface area contributed by atoms with Crippen LogP contribution in [-0.4, -0.2) is 29.2 Å². The number of nitriles is 1. The number of amides is 2. The second-order valence-corrected chi connectivity index (χ2v) is 6.55. The van der Waals surface area contributed by atoms with Crippen molar-refractivity contribution in [2.45, 2.75) is 38.7 Å². The molecule has 6 nitrogen and oxygen atoms in total. The number of hydrogen-bond acceptors (Lipinski definition) is 5. The summed E-state index contributed by atoms with van der Waals surface area (Å²) in [6, 6.07) is 8.86. The van der Waals surface area contributed by atoms with E-state index in [4.69, 9.17) is 10.00 Å². The van der Waals surface area contributed by atoms with Gasteiger partial charge in [-0.3, -0.25) is 19.3 Å². The largest absolute Gasteiger partial charge is 0.461 e. The monoisotopic (exact) mass is 340 g/mol. The molecule has 0 N–H and O–H groups in total. The average Bonchev–Trinajstić information content (AvgIpc) is 2.89. The number of benzene rings is 1. The predicted octanol–water partition coefficient (Wildman–Crippen LogP) is 2.17. The van der Waals surface area contributed by atoms with Crippen molar-refractivity contribution < 1.29 is 19.1 Å². The molecule has 6 heteroatoms. The van der Waals surface area contributed by atoms with E-state index in [2.05, 4.69) is 0 Å². The van der Waals surface area contributed by atoms with Gasteiger partial charge in [0.05, 0.1) is 29.9 Å². The number of esters is 1. The molecule has 1 aliphatic carbocycles. The minimum Gasteiger partial charge on any atom is -0.461 e. The molecule has 1 aliphatic heterocycles. The first-order valence-corrected chi connectivity index (χ1v) is 8.60. The van der Waals surface area contributed by atoms with Gasteiger partial charge >= 0.3 is 5.97 Å². The number of imide groups is 1. The summed E-state index contributed by atoms with van der Waals surface area (Å²) in [6.45, 7) is 0.156. The molecular weight excluding hydrogens is 320 g/mol. The van der Waals surface area contributed by atoms with E-state index >= 15 is 0 Å². The van der Waals surface area contributed by atoms with Crippen LogP contribution in [0.5, 0.6) is 0 Å². The van der Waals surface area contributed by atoms with E-state index in [1.54, 1.807) is 24.3 Å². The fraction of sp³-hybridized carbons (Fsp3) is 0.474. The van der Waals surface area contributed by atoms with Crippen molar-refractivity contribution in [2.24, 2.45) is 11.8 Å². The van der Waals surface area contributed by atoms with Gasteiger partial charge < -0.3 is 4.74 Å². The Hall–Kier alpha value is -2.68. The number of hydrogen-bond donors (Lipinski definition) is 0. The second kappa shape index (κ2) is 7.47. The third-order valence-corrected chi connectivity index (χ3v) is 4.93. The van der Waals surface area contributed by atoms with Crippen LogP contribution in [0.2, 0.25) is 0 Å². The molecule has 1 saturated heterocycles. The van der Waals surface area contributed by atoms with Crippen LogP contribution >= 0.6 is 0 Å². The lowest BCUT2D eigenvalue weighted by Gasteiger charge is -2.19. The quantitative estimate of drug-likeness (QED) is 0.605. The molecule has 2 amide bonds. The molecule has 2 atom stereocenters. The standard InChI is InChI=1S/C19H20N2O4/c20-11-13-4-3-5-14(10-13)12-25-17(22)8-9-21-18(23)15-6-1-2-7-16(15)19(21)24/h3-5,10,15-16H,1-2,6-9,12H2/t15-,16-/m0/s1. The number of ether oxygens (including phenoxy) is 1. The molecular formula is C19H20N2O4. The van der Waals surface area contributed by atoms with E-state index < -0.39 is 5.97 Å². The van der Waals surface area contributed by atoms with E-state index in [1.807, 2.05) is 6.07 Å². The van der Waals surface area contributed by atoms with Gasteiger partial charge in [-0.05, 0) is 30.5 Å². The summed E-state index contributed by atoms with van der Waals surface area (Å²) >= 11 is 0. The van der Waals surface area contributed by atoms with Gasteiger partial charge in [-0.25, -0.2) is 0 Å². The van der Waals surface area contributed by atoms with Crippen LogP contribution in [0, 0.1) is 23.2 Å². The summed E-state index contributed by atoms with van der Waals surface area (Å²) in [7, 11) is 0. The normalized spacial score (nSPS) is 22.4. The molecule has 1 aromatic carbocycles. The fourth-order valence-electron chi connectivity index (χ4n) is 3.62. The molecule has 2 aliphatic rings. The Morgan fingerprint density at radius 1 is 1.20 bits per heavy atom. The Morgan fingerprint density at radius 2 is 1.88 bits per heavy atom. The SMILES string of the molecule is N#Cc1cccc(COC(=O)CCN2C(=O)[C@H]3CCCC[C@@H]3C2=O)c1. The Labute approximate surface area is 146 Å². The fourth-order valence-corrected chi connectivity index (χ4v) is 3.62. The first-order chi connectivity index (χ1) is 12.1. The van der Waals surface area contributed by atoms with E-state index in [0.717, 1.165) is 31.2 Å². The Morgan fingerprint density at radius 3 is 2.52 bits per heavy atom. The summed E-state index contributed by atoms with van der Waals surface area (Å²) in [4.78, 5) is 37.8. The second-order valence-electron chi connectivity index (χ2n) is 6.55. The topological polar surface area (TPSA) is 87.5 Å². The van der Waals surface area contributed by atoms with Gasteiger partial charge in [0.25, 0.3) is 0 Å². The van der Waals surface area contributed by atoms with Crippen LogP contribution in [0.15, 0.2) is 24.3 Å². The first-order valence-electron chi connectivity index (χ1n) is 8.60. The van der Waals surface area contributed by atoms with Crippen molar-refractivity contribution in [1.82, 2.24) is 4.90 Å². The minimum absolute atomic E-state index is 0.00510. The highest BCUT2D eigenvalue weighted by atomic mass is 16.5. The van der Waals surface area contributed by atoms with Crippen molar-refractivity contribution in [3.8, 4) is 6.07 Å². The van der Waals surface area contributed by atoms with Crippen LogP contribution in [0.3, 0.4) is 0 Å². The van der Waals surface area contributed by atoms with Crippen LogP contribution in [-0.2, 0) is 25.7 Å². The molecule has 0 unspecified atom stereocenters. The third kappa shape index (κ3) is 3.71. The maximum absolute atomic E-state index is 12.3. The lowest BCUT2D eigenvalue weighted by Crippen LogP contribution is -2.33. The zero-order valence-electron chi connectivity index (χ0n) is 13.9. The molecule has 2 fully saturated rings. The van der Waals surface area contributed by atoms with Crippen molar-refractivity contribution in [3.63, 3.8) is 0 Å². The Bertz CT molecular complexity index is 713. The highest BCUT2D eigenvalue weighted by Crippen LogP contribution is 2.37. The van der Waals surface area contributed by atoms with Crippen LogP contribution in [0.25, 0.3) is 0 Å². The van der Waals surface area contributed by atoms with Gasteiger partial charge in [0, 0.05) is 6.54 Å². The molecule has 1 saturated carbocycles. The summed E-state index contributed by atoms with van der Waals surface area (Å²) < 4.78 is 5.18. The van der Waals surface area contributed by atoms with Crippen molar-refractivity contribution in [1.29, 1.82) is 5.26 Å². The van der Waals surface area contributed by atoms with E-state index in [9.17, 15) is 14.4 Å². The summed E-state index contributed by atoms with van der Waals surface area (Å²) in [6.07, 6.45) is 3.50. The van der Waals surface area contributed by atoms with E-state index in [1.165, 1.54) is 4.90 Å². The molecule has 0 spiro atoms. The van der Waals surface area contributed by atoms with Gasteiger partial charge in [-0.15, -0.1) is 0 Å². The van der Waals surface area contributed by atoms with Crippen LogP contribution in [0.1, 0.15) is 43.2 Å². The van der Waals surface area contributed by atoms with E-state index in [0.29, 0.717) is 5.56 Å². The van der Waals surface area contributed by atoms with Crippen molar-refractivity contribution in [2.75, 3.05) is 6.54 Å². The van der Waals surface area contributed by atoms with Gasteiger partial charge in [0.1, 0.15) is 6.61 Å². The van der Waals surface area contributed by atoms with Crippen molar-refractivity contribution >= 4 is 17.8 Å². The smallest absolute Gasteiger partial charge is 0.307 e. The first kappa shape index (κ1) is 17.2. The number of rotatable bonds is 5. The zero-order chi connectivity index (χ0) is 17.8. The number of nitrogens with zero attached hydrogens (tertiary/aromatic N) is 2. The minimum atomic E-state index is -0.460. The zero-order valence-corrected chi connectivity index (χ0v) is 13.9. The average molecular weight is 340 g/mol. The predicted molar refractivity (Wildman–Crippen MR) is 87.7 cm³/mol. The Kier molecular flexibility index (Phi) is 5.13. The molecule has 1 heterocycles. The van der Waals surface area contributed by atoms with Gasteiger partial charge in [-0.1, -0.05) is 25.0 Å². The molecule has 0 aromatic heterocycles. The molecule has 130 valence electrons. The maximum atomic E-state index is 12.3. The highest BCUT2D eigenvalue weighted by Gasteiger charge is 2.47. The molecule has 0 radical (unpaired) electrons. The summed E-state index contributed by atoms with van der Waals surface area (Å²) in [5.41, 5.74) is 1.23. The number of likely N-dealkylation sites (tertiary alicyclic amines) is 1. The Balaban J connectivity index is 1.49. The van der Waals surface area contributed by atoms with Crippen LogP contribution in [0.4, 0.5) is 0 Å². The lowest BCUT2D eigenvalue weighted by molar-refractivity contribution is -0.146. The van der Waals surface area contributed by atoms with E-state index in [-0.39, 0.29) is 43.2 Å². The molecule has 0 bridgehead atoms. The molecule has 3 rings (SSSR count). The number of carbonyl (C=O) groups is 3. The number of fused-ring (bicyclic) bond motifs is 1.